The molecule has 0 atom stereocenters. The highest BCUT2D eigenvalue weighted by Gasteiger charge is 2.33. The van der Waals surface area contributed by atoms with Gasteiger partial charge in [-0.3, -0.25) is 10.2 Å². The van der Waals surface area contributed by atoms with Crippen molar-refractivity contribution in [3.63, 3.8) is 0 Å². The van der Waals surface area contributed by atoms with Gasteiger partial charge < -0.3 is 9.47 Å². The first-order chi connectivity index (χ1) is 10.9. The molecule has 1 aliphatic heterocycles. The molecule has 0 unspecified atom stereocenters. The highest BCUT2D eigenvalue weighted by Crippen LogP contribution is 2.32. The van der Waals surface area contributed by atoms with Crippen molar-refractivity contribution in [2.45, 2.75) is 17.7 Å². The number of rotatable bonds is 5. The normalized spacial score (nSPS) is 16.8. The molecule has 128 valence electrons. The van der Waals surface area contributed by atoms with Gasteiger partial charge in [0.15, 0.2) is 0 Å². The molecule has 1 heterocycles. The van der Waals surface area contributed by atoms with Gasteiger partial charge in [-0.05, 0) is 25.0 Å². The Bertz CT molecular complexity index is 669. The zero-order valence-corrected chi connectivity index (χ0v) is 13.9. The van der Waals surface area contributed by atoms with E-state index in [1.807, 2.05) is 0 Å². The standard InChI is InChI=1S/C14H21N3O5S/c1-21-11-3-4-12(22-2)13(9-11)23(19,20)17-7-5-10(6-8-17)14(18)16-15/h3-4,9-10H,5-8,15H2,1-2H3,(H,16,18). The van der Waals surface area contributed by atoms with E-state index in [0.29, 0.717) is 18.6 Å². The Morgan fingerprint density at radius 1 is 1.26 bits per heavy atom. The van der Waals surface area contributed by atoms with Gasteiger partial charge >= 0.3 is 0 Å². The van der Waals surface area contributed by atoms with E-state index in [2.05, 4.69) is 5.43 Å². The summed E-state index contributed by atoms with van der Waals surface area (Å²) in [5, 5.41) is 0. The van der Waals surface area contributed by atoms with Crippen LogP contribution in [0.3, 0.4) is 0 Å². The van der Waals surface area contributed by atoms with Crippen LogP contribution in [0.4, 0.5) is 0 Å². The maximum atomic E-state index is 12.8. The Balaban J connectivity index is 2.24. The summed E-state index contributed by atoms with van der Waals surface area (Å²) in [5.41, 5.74) is 2.11. The summed E-state index contributed by atoms with van der Waals surface area (Å²) in [6, 6.07) is 4.63. The molecule has 1 aliphatic rings. The SMILES string of the molecule is COc1ccc(OC)c(S(=O)(=O)N2CCC(C(=O)NN)CC2)c1. The summed E-state index contributed by atoms with van der Waals surface area (Å²) in [7, 11) is -0.845. The van der Waals surface area contributed by atoms with Crippen LogP contribution in [0.2, 0.25) is 0 Å². The van der Waals surface area contributed by atoms with E-state index in [9.17, 15) is 13.2 Å². The van der Waals surface area contributed by atoms with E-state index < -0.39 is 10.0 Å². The zero-order chi connectivity index (χ0) is 17.0. The van der Waals surface area contributed by atoms with Gasteiger partial charge in [-0.1, -0.05) is 0 Å². The largest absolute Gasteiger partial charge is 0.497 e. The smallest absolute Gasteiger partial charge is 0.246 e. The van der Waals surface area contributed by atoms with Gasteiger partial charge in [-0.15, -0.1) is 0 Å². The first-order valence-electron chi connectivity index (χ1n) is 7.16. The Morgan fingerprint density at radius 2 is 1.91 bits per heavy atom. The zero-order valence-electron chi connectivity index (χ0n) is 13.1. The third kappa shape index (κ3) is 3.57. The minimum Gasteiger partial charge on any atom is -0.497 e. The summed E-state index contributed by atoms with van der Waals surface area (Å²) in [4.78, 5) is 11.6. The van der Waals surface area contributed by atoms with Crippen LogP contribution in [-0.4, -0.2) is 45.9 Å². The second kappa shape index (κ2) is 7.16. The average molecular weight is 343 g/mol. The third-order valence-corrected chi connectivity index (χ3v) is 5.88. The Morgan fingerprint density at radius 3 is 2.43 bits per heavy atom. The minimum atomic E-state index is -3.73. The Labute approximate surface area is 135 Å². The van der Waals surface area contributed by atoms with Crippen LogP contribution in [0.25, 0.3) is 0 Å². The van der Waals surface area contributed by atoms with E-state index in [0.717, 1.165) is 0 Å². The number of carbonyl (C=O) groups is 1. The average Bonchev–Trinajstić information content (AvgIpc) is 2.60. The van der Waals surface area contributed by atoms with Crippen LogP contribution in [0.15, 0.2) is 23.1 Å². The maximum absolute atomic E-state index is 12.8. The quantitative estimate of drug-likeness (QED) is 0.445. The fraction of sp³-hybridized carbons (Fsp3) is 0.500. The lowest BCUT2D eigenvalue weighted by molar-refractivity contribution is -0.126. The van der Waals surface area contributed by atoms with Gasteiger partial charge in [0.25, 0.3) is 0 Å². The number of methoxy groups -OCH3 is 2. The number of nitrogens with two attached hydrogens (primary N) is 1. The molecule has 3 N–H and O–H groups in total. The van der Waals surface area contributed by atoms with Crippen molar-refractivity contribution in [2.24, 2.45) is 11.8 Å². The molecular weight excluding hydrogens is 322 g/mol. The van der Waals surface area contributed by atoms with Crippen molar-refractivity contribution in [3.05, 3.63) is 18.2 Å². The van der Waals surface area contributed by atoms with Gasteiger partial charge in [0.2, 0.25) is 15.9 Å². The Hall–Kier alpha value is -1.84. The molecule has 1 saturated heterocycles. The van der Waals surface area contributed by atoms with Crippen LogP contribution in [0, 0.1) is 5.92 Å². The number of nitrogens with one attached hydrogen (secondary N) is 1. The topological polar surface area (TPSA) is 111 Å². The molecule has 1 aromatic rings. The van der Waals surface area contributed by atoms with Crippen LogP contribution in [-0.2, 0) is 14.8 Å². The molecule has 0 aromatic heterocycles. The number of piperidine rings is 1. The van der Waals surface area contributed by atoms with Gasteiger partial charge in [0.05, 0.1) is 14.2 Å². The van der Waals surface area contributed by atoms with Crippen molar-refractivity contribution >= 4 is 15.9 Å². The van der Waals surface area contributed by atoms with Crippen molar-refractivity contribution in [1.29, 1.82) is 0 Å². The first kappa shape index (κ1) is 17.5. The van der Waals surface area contributed by atoms with E-state index >= 15 is 0 Å². The number of ether oxygens (including phenoxy) is 2. The number of benzene rings is 1. The van der Waals surface area contributed by atoms with Gasteiger partial charge in [-0.25, -0.2) is 14.3 Å². The molecule has 23 heavy (non-hydrogen) atoms. The van der Waals surface area contributed by atoms with Crippen LogP contribution in [0.5, 0.6) is 11.5 Å². The van der Waals surface area contributed by atoms with Gasteiger partial charge in [0.1, 0.15) is 16.4 Å². The van der Waals surface area contributed by atoms with E-state index in [1.165, 1.54) is 24.6 Å². The molecule has 0 saturated carbocycles. The van der Waals surface area contributed by atoms with Crippen molar-refractivity contribution < 1.29 is 22.7 Å². The van der Waals surface area contributed by atoms with Gasteiger partial charge in [0, 0.05) is 25.1 Å². The van der Waals surface area contributed by atoms with Gasteiger partial charge in [-0.2, -0.15) is 4.31 Å². The Kier molecular flexibility index (Phi) is 5.45. The lowest BCUT2D eigenvalue weighted by atomic mass is 9.98. The summed E-state index contributed by atoms with van der Waals surface area (Å²) in [5.74, 6) is 5.28. The highest BCUT2D eigenvalue weighted by atomic mass is 32.2. The summed E-state index contributed by atoms with van der Waals surface area (Å²) in [6.07, 6.45) is 0.850. The number of nitrogens with zero attached hydrogens (tertiary/aromatic N) is 1. The molecule has 0 spiro atoms. The number of carbonyl (C=O) groups excluding carboxylic acids is 1. The molecule has 8 nitrogen and oxygen atoms in total. The van der Waals surface area contributed by atoms with Crippen molar-refractivity contribution in [3.8, 4) is 11.5 Å². The van der Waals surface area contributed by atoms with Crippen LogP contribution >= 0.6 is 0 Å². The molecule has 1 amide bonds. The first-order valence-corrected chi connectivity index (χ1v) is 8.60. The number of hydrogen-bond donors (Lipinski definition) is 2. The minimum absolute atomic E-state index is 0.0566. The highest BCUT2D eigenvalue weighted by molar-refractivity contribution is 7.89. The van der Waals surface area contributed by atoms with E-state index in [1.54, 1.807) is 12.1 Å². The summed E-state index contributed by atoms with van der Waals surface area (Å²) >= 11 is 0. The number of hydrogen-bond acceptors (Lipinski definition) is 6. The number of amides is 1. The molecular formula is C14H21N3O5S. The molecule has 1 fully saturated rings. The second-order valence-electron chi connectivity index (χ2n) is 5.20. The molecule has 1 aromatic carbocycles. The van der Waals surface area contributed by atoms with E-state index in [-0.39, 0.29) is 35.6 Å². The third-order valence-electron chi connectivity index (χ3n) is 3.96. The molecule has 0 radical (unpaired) electrons. The number of hydrazine groups is 1. The van der Waals surface area contributed by atoms with Crippen molar-refractivity contribution in [2.75, 3.05) is 27.3 Å². The monoisotopic (exact) mass is 343 g/mol. The summed E-state index contributed by atoms with van der Waals surface area (Å²) in [6.45, 7) is 0.502. The predicted octanol–water partition coefficient (Wildman–Crippen LogP) is 0.0944. The lowest BCUT2D eigenvalue weighted by Crippen LogP contribution is -2.44. The van der Waals surface area contributed by atoms with Crippen LogP contribution < -0.4 is 20.7 Å². The molecule has 2 rings (SSSR count). The fourth-order valence-corrected chi connectivity index (χ4v) is 4.24. The maximum Gasteiger partial charge on any atom is 0.246 e. The number of sulfonamides is 1. The van der Waals surface area contributed by atoms with E-state index in [4.69, 9.17) is 15.3 Å². The fourth-order valence-electron chi connectivity index (χ4n) is 2.60. The second-order valence-corrected chi connectivity index (χ2v) is 7.11. The van der Waals surface area contributed by atoms with Crippen molar-refractivity contribution in [1.82, 2.24) is 9.73 Å². The molecule has 0 aliphatic carbocycles. The molecule has 9 heteroatoms. The lowest BCUT2D eigenvalue weighted by Gasteiger charge is -2.30. The molecule has 0 bridgehead atoms. The van der Waals surface area contributed by atoms with Crippen LogP contribution in [0.1, 0.15) is 12.8 Å². The predicted molar refractivity (Wildman–Crippen MR) is 83.4 cm³/mol. The summed E-state index contributed by atoms with van der Waals surface area (Å²) < 4.78 is 37.3.